The fourth-order valence-electron chi connectivity index (χ4n) is 4.65. The SMILES string of the molecule is O=C(CCCC[C@@H]1CCSS1)N1CC2CC(C1)c1ccc([N+](=O)[O-])c(=O)n1C2. The molecule has 1 aromatic rings. The van der Waals surface area contributed by atoms with Crippen LogP contribution in [0.5, 0.6) is 0 Å². The van der Waals surface area contributed by atoms with Gasteiger partial charge in [-0.1, -0.05) is 28.0 Å². The van der Waals surface area contributed by atoms with Crippen LogP contribution in [0.25, 0.3) is 0 Å². The molecular weight excluding hydrogens is 398 g/mol. The molecule has 0 radical (unpaired) electrons. The highest BCUT2D eigenvalue weighted by Crippen LogP contribution is 2.40. The third-order valence-electron chi connectivity index (χ3n) is 6.03. The van der Waals surface area contributed by atoms with E-state index in [9.17, 15) is 19.7 Å². The molecule has 0 aliphatic carbocycles. The maximum atomic E-state index is 12.7. The van der Waals surface area contributed by atoms with E-state index < -0.39 is 10.5 Å². The van der Waals surface area contributed by atoms with Gasteiger partial charge < -0.3 is 9.47 Å². The summed E-state index contributed by atoms with van der Waals surface area (Å²) in [5, 5.41) is 11.8. The van der Waals surface area contributed by atoms with Crippen molar-refractivity contribution in [3.63, 3.8) is 0 Å². The largest absolute Gasteiger partial charge is 0.342 e. The number of piperidine rings is 1. The molecule has 2 saturated heterocycles. The number of nitrogens with zero attached hydrogens (tertiary/aromatic N) is 3. The Kier molecular flexibility index (Phi) is 6.01. The Morgan fingerprint density at radius 3 is 2.86 bits per heavy atom. The molecule has 3 atom stereocenters. The van der Waals surface area contributed by atoms with Crippen LogP contribution in [0.3, 0.4) is 0 Å². The summed E-state index contributed by atoms with van der Waals surface area (Å²) in [5.74, 6) is 1.75. The zero-order valence-electron chi connectivity index (χ0n) is 15.7. The fraction of sp³-hybridized carbons (Fsp3) is 0.684. The van der Waals surface area contributed by atoms with E-state index in [4.69, 9.17) is 0 Å². The van der Waals surface area contributed by atoms with E-state index in [1.54, 1.807) is 10.6 Å². The minimum Gasteiger partial charge on any atom is -0.342 e. The van der Waals surface area contributed by atoms with Gasteiger partial charge in [-0.3, -0.25) is 19.7 Å². The normalized spacial score (nSPS) is 26.1. The van der Waals surface area contributed by atoms with E-state index in [1.165, 1.54) is 24.7 Å². The van der Waals surface area contributed by atoms with Crippen molar-refractivity contribution in [2.45, 2.75) is 56.2 Å². The summed E-state index contributed by atoms with van der Waals surface area (Å²) in [7, 11) is 3.95. The first kappa shape index (κ1) is 19.8. The Morgan fingerprint density at radius 1 is 1.25 bits per heavy atom. The number of fused-ring (bicyclic) bond motifs is 4. The number of rotatable bonds is 6. The van der Waals surface area contributed by atoms with Crippen molar-refractivity contribution in [3.05, 3.63) is 38.3 Å². The Balaban J connectivity index is 1.36. The van der Waals surface area contributed by atoms with Crippen molar-refractivity contribution >= 4 is 33.2 Å². The molecule has 4 heterocycles. The van der Waals surface area contributed by atoms with Crippen molar-refractivity contribution in [1.29, 1.82) is 0 Å². The van der Waals surface area contributed by atoms with Gasteiger partial charge in [-0.2, -0.15) is 0 Å². The predicted molar refractivity (Wildman–Crippen MR) is 112 cm³/mol. The Labute approximate surface area is 171 Å². The number of nitro groups is 1. The number of carbonyl (C=O) groups excluding carboxylic acids is 1. The second-order valence-electron chi connectivity index (χ2n) is 7.99. The number of pyridine rings is 1. The summed E-state index contributed by atoms with van der Waals surface area (Å²) in [4.78, 5) is 37.5. The Morgan fingerprint density at radius 2 is 2.11 bits per heavy atom. The highest BCUT2D eigenvalue weighted by Gasteiger charge is 2.37. The number of carbonyl (C=O) groups is 1. The molecule has 9 heteroatoms. The van der Waals surface area contributed by atoms with Crippen molar-refractivity contribution in [2.24, 2.45) is 5.92 Å². The van der Waals surface area contributed by atoms with E-state index >= 15 is 0 Å². The van der Waals surface area contributed by atoms with E-state index in [0.29, 0.717) is 26.1 Å². The molecule has 4 rings (SSSR count). The summed E-state index contributed by atoms with van der Waals surface area (Å²) in [6.07, 6.45) is 6.07. The van der Waals surface area contributed by atoms with Crippen LogP contribution in [0.1, 0.15) is 50.1 Å². The minimum absolute atomic E-state index is 0.0943. The van der Waals surface area contributed by atoms with Crippen LogP contribution in [0.2, 0.25) is 0 Å². The Bertz CT molecular complexity index is 822. The molecule has 0 aromatic carbocycles. The van der Waals surface area contributed by atoms with Gasteiger partial charge in [0.1, 0.15) is 0 Å². The highest BCUT2D eigenvalue weighted by molar-refractivity contribution is 8.77. The third-order valence-corrected chi connectivity index (χ3v) is 9.03. The van der Waals surface area contributed by atoms with Crippen LogP contribution in [-0.4, -0.2) is 44.4 Å². The average molecular weight is 424 g/mol. The van der Waals surface area contributed by atoms with Gasteiger partial charge in [0, 0.05) is 54.7 Å². The van der Waals surface area contributed by atoms with Gasteiger partial charge in [-0.25, -0.2) is 0 Å². The molecule has 3 aliphatic heterocycles. The van der Waals surface area contributed by atoms with Crippen molar-refractivity contribution in [2.75, 3.05) is 18.8 Å². The van der Waals surface area contributed by atoms with Gasteiger partial charge in [-0.15, -0.1) is 0 Å². The first-order valence-corrected chi connectivity index (χ1v) is 12.4. The van der Waals surface area contributed by atoms with Crippen LogP contribution in [0, 0.1) is 16.0 Å². The second kappa shape index (κ2) is 8.49. The molecule has 7 nitrogen and oxygen atoms in total. The zero-order valence-corrected chi connectivity index (χ0v) is 17.4. The summed E-state index contributed by atoms with van der Waals surface area (Å²) >= 11 is 0. The van der Waals surface area contributed by atoms with Gasteiger partial charge in [0.15, 0.2) is 0 Å². The summed E-state index contributed by atoms with van der Waals surface area (Å²) in [5.41, 5.74) is -0.0458. The van der Waals surface area contributed by atoms with Gasteiger partial charge in [0.25, 0.3) is 0 Å². The lowest BCUT2D eigenvalue weighted by Gasteiger charge is -2.42. The van der Waals surface area contributed by atoms with E-state index in [1.807, 2.05) is 26.5 Å². The van der Waals surface area contributed by atoms with Crippen LogP contribution in [0.15, 0.2) is 16.9 Å². The lowest BCUT2D eigenvalue weighted by Crippen LogP contribution is -2.49. The Hall–Kier alpha value is -1.48. The summed E-state index contributed by atoms with van der Waals surface area (Å²) in [6.45, 7) is 1.73. The molecule has 0 saturated carbocycles. The number of aromatic nitrogens is 1. The van der Waals surface area contributed by atoms with E-state index in [-0.39, 0.29) is 23.4 Å². The molecule has 1 aromatic heterocycles. The first-order chi connectivity index (χ1) is 13.5. The topological polar surface area (TPSA) is 85.5 Å². The number of unbranched alkanes of at least 4 members (excludes halogenated alkanes) is 1. The molecule has 28 heavy (non-hydrogen) atoms. The van der Waals surface area contributed by atoms with Crippen molar-refractivity contribution in [1.82, 2.24) is 9.47 Å². The van der Waals surface area contributed by atoms with Crippen molar-refractivity contribution in [3.8, 4) is 0 Å². The lowest BCUT2D eigenvalue weighted by molar-refractivity contribution is -0.386. The van der Waals surface area contributed by atoms with Crippen LogP contribution in [-0.2, 0) is 11.3 Å². The monoisotopic (exact) mass is 423 g/mol. The average Bonchev–Trinajstić information content (AvgIpc) is 3.19. The van der Waals surface area contributed by atoms with E-state index in [0.717, 1.165) is 30.2 Å². The maximum Gasteiger partial charge on any atom is 0.334 e. The molecule has 0 N–H and O–H groups in total. The number of hydrogen-bond donors (Lipinski definition) is 0. The van der Waals surface area contributed by atoms with Crippen molar-refractivity contribution < 1.29 is 9.72 Å². The zero-order chi connectivity index (χ0) is 19.7. The van der Waals surface area contributed by atoms with Crippen LogP contribution < -0.4 is 5.56 Å². The molecule has 3 aliphatic rings. The summed E-state index contributed by atoms with van der Waals surface area (Å²) in [6, 6.07) is 3.01. The van der Waals surface area contributed by atoms with Gasteiger partial charge in [0.2, 0.25) is 5.91 Å². The molecule has 1 amide bonds. The van der Waals surface area contributed by atoms with Gasteiger partial charge in [0.05, 0.1) is 4.92 Å². The molecule has 2 fully saturated rings. The first-order valence-electron chi connectivity index (χ1n) is 9.97. The standard InChI is InChI=1S/C19H25N3O4S2/c23-18(4-2-1-3-15-7-8-27-28-15)20-10-13-9-14(12-20)16-5-6-17(22(25)26)19(24)21(16)11-13/h5-6,13-15H,1-4,7-12H2/t13?,14?,15-/m1/s1. The quantitative estimate of drug-likeness (QED) is 0.302. The smallest absolute Gasteiger partial charge is 0.334 e. The molecular formula is C19H25N3O4S2. The molecule has 2 bridgehead atoms. The van der Waals surface area contributed by atoms with Gasteiger partial charge >= 0.3 is 11.2 Å². The van der Waals surface area contributed by atoms with E-state index in [2.05, 4.69) is 0 Å². The highest BCUT2D eigenvalue weighted by atomic mass is 33.1. The number of hydrogen-bond acceptors (Lipinski definition) is 6. The number of likely N-dealkylation sites (tertiary alicyclic amines) is 1. The molecule has 0 spiro atoms. The minimum atomic E-state index is -0.613. The number of amides is 1. The maximum absolute atomic E-state index is 12.7. The lowest BCUT2D eigenvalue weighted by atomic mass is 9.83. The summed E-state index contributed by atoms with van der Waals surface area (Å²) < 4.78 is 1.57. The fourth-order valence-corrected chi connectivity index (χ4v) is 7.68. The van der Waals surface area contributed by atoms with Crippen LogP contribution >= 0.6 is 21.6 Å². The molecule has 2 unspecified atom stereocenters. The third kappa shape index (κ3) is 4.10. The predicted octanol–water partition coefficient (Wildman–Crippen LogP) is 3.42. The van der Waals surface area contributed by atoms with Crippen LogP contribution in [0.4, 0.5) is 5.69 Å². The van der Waals surface area contributed by atoms with Gasteiger partial charge in [-0.05, 0) is 37.7 Å². The second-order valence-corrected chi connectivity index (χ2v) is 10.8. The molecule has 152 valence electrons.